The number of hydrogen-bond donors (Lipinski definition) is 3. The third-order valence-corrected chi connectivity index (χ3v) is 14.1. The average molecular weight is 689 g/mol. The molecule has 0 aromatic rings. The van der Waals surface area contributed by atoms with Gasteiger partial charge >= 0.3 is 31.2 Å². The fourth-order valence-electron chi connectivity index (χ4n) is 10.2. The van der Waals surface area contributed by atoms with Crippen molar-refractivity contribution in [1.82, 2.24) is 0 Å². The van der Waals surface area contributed by atoms with Crippen molar-refractivity contribution in [2.75, 3.05) is 0 Å². The van der Waals surface area contributed by atoms with Crippen molar-refractivity contribution in [3.8, 4) is 0 Å². The molecule has 44 heavy (non-hydrogen) atoms. The molecular formula is C29H52O12S3. The Morgan fingerprint density at radius 1 is 0.705 bits per heavy atom. The fourth-order valence-corrected chi connectivity index (χ4v) is 11.7. The van der Waals surface area contributed by atoms with Gasteiger partial charge in [-0.2, -0.15) is 25.3 Å². The van der Waals surface area contributed by atoms with E-state index in [1.165, 1.54) is 0 Å². The molecule has 0 aliphatic heterocycles. The standard InChI is InChI=1S/C29H52O12S3/c1-17(8-9-18(2)27(3,4)5)20-10-11-21-19-14-24(39-42(30,31)32)23-15-25(40-43(33,34)35)26(41-44(36,37)38)16-29(23,7)22(19)12-13-28(20,21)6/h17-26H,8-16H2,1-7H3,(H,30,31,32)(H,33,34,35)(H,36,37,38)/t17-,18+,19?,20-,21+,22+,23-,24+,25+,26+,28-,29-/m1/s1. The molecule has 4 saturated carbocycles. The van der Waals surface area contributed by atoms with E-state index in [0.717, 1.165) is 38.5 Å². The minimum absolute atomic E-state index is 0.00197. The molecule has 12 nitrogen and oxygen atoms in total. The summed E-state index contributed by atoms with van der Waals surface area (Å²) in [6.45, 7) is 15.7. The van der Waals surface area contributed by atoms with Crippen LogP contribution in [-0.4, -0.2) is 57.2 Å². The molecule has 258 valence electrons. The maximum absolute atomic E-state index is 12.1. The van der Waals surface area contributed by atoms with Crippen molar-refractivity contribution in [3.05, 3.63) is 0 Å². The van der Waals surface area contributed by atoms with Crippen LogP contribution in [0.15, 0.2) is 0 Å². The van der Waals surface area contributed by atoms with Gasteiger partial charge in [0.15, 0.2) is 0 Å². The van der Waals surface area contributed by atoms with Crippen LogP contribution in [0.5, 0.6) is 0 Å². The van der Waals surface area contributed by atoms with Crippen molar-refractivity contribution in [2.45, 2.75) is 125 Å². The van der Waals surface area contributed by atoms with Crippen LogP contribution in [0, 0.1) is 57.7 Å². The second-order valence-electron chi connectivity index (χ2n) is 15.9. The molecule has 1 unspecified atom stereocenters. The van der Waals surface area contributed by atoms with E-state index in [1.807, 2.05) is 6.92 Å². The summed E-state index contributed by atoms with van der Waals surface area (Å²) in [7, 11) is -15.0. The Morgan fingerprint density at radius 2 is 1.23 bits per heavy atom. The smallest absolute Gasteiger partial charge is 0.264 e. The first-order chi connectivity index (χ1) is 19.8. The molecular weight excluding hydrogens is 637 g/mol. The van der Waals surface area contributed by atoms with Crippen LogP contribution >= 0.6 is 0 Å². The topological polar surface area (TPSA) is 191 Å². The van der Waals surface area contributed by atoms with Crippen molar-refractivity contribution in [2.24, 2.45) is 57.7 Å². The van der Waals surface area contributed by atoms with Gasteiger partial charge < -0.3 is 0 Å². The third kappa shape index (κ3) is 7.83. The predicted octanol–water partition coefficient (Wildman–Crippen LogP) is 5.53. The molecule has 0 saturated heterocycles. The van der Waals surface area contributed by atoms with Gasteiger partial charge in [-0.05, 0) is 109 Å². The van der Waals surface area contributed by atoms with Gasteiger partial charge in [0.05, 0.1) is 6.10 Å². The van der Waals surface area contributed by atoms with Crippen LogP contribution in [0.25, 0.3) is 0 Å². The van der Waals surface area contributed by atoms with Gasteiger partial charge in [-0.25, -0.2) is 12.5 Å². The van der Waals surface area contributed by atoms with Crippen molar-refractivity contribution >= 4 is 31.2 Å². The Labute approximate surface area is 264 Å². The lowest BCUT2D eigenvalue weighted by atomic mass is 9.43. The molecule has 3 N–H and O–H groups in total. The summed E-state index contributed by atoms with van der Waals surface area (Å²) < 4.78 is 115. The molecule has 0 aromatic heterocycles. The highest BCUT2D eigenvalue weighted by molar-refractivity contribution is 7.81. The Bertz CT molecular complexity index is 1370. The van der Waals surface area contributed by atoms with Crippen molar-refractivity contribution < 1.29 is 51.5 Å². The van der Waals surface area contributed by atoms with Gasteiger partial charge in [-0.1, -0.05) is 54.9 Å². The lowest BCUT2D eigenvalue weighted by Gasteiger charge is -2.63. The van der Waals surface area contributed by atoms with Gasteiger partial charge in [0.25, 0.3) is 0 Å². The van der Waals surface area contributed by atoms with E-state index in [9.17, 15) is 38.9 Å². The van der Waals surface area contributed by atoms with E-state index in [0.29, 0.717) is 24.2 Å². The number of rotatable bonds is 10. The molecule has 4 fully saturated rings. The zero-order valence-corrected chi connectivity index (χ0v) is 29.3. The molecule has 4 aliphatic rings. The summed E-state index contributed by atoms with van der Waals surface area (Å²) in [6.07, 6.45) is 1.92. The van der Waals surface area contributed by atoms with Crippen LogP contribution < -0.4 is 0 Å². The normalized spacial score (nSPS) is 41.3. The number of fused-ring (bicyclic) bond motifs is 5. The Hall–Kier alpha value is -0.390. The highest BCUT2D eigenvalue weighted by atomic mass is 32.3. The monoisotopic (exact) mass is 688 g/mol. The molecule has 0 aromatic carbocycles. The molecule has 12 atom stereocenters. The van der Waals surface area contributed by atoms with E-state index in [4.69, 9.17) is 12.5 Å². The zero-order chi connectivity index (χ0) is 33.3. The Morgan fingerprint density at radius 3 is 1.77 bits per heavy atom. The largest absolute Gasteiger partial charge is 0.397 e. The Kier molecular flexibility index (Phi) is 10.1. The van der Waals surface area contributed by atoms with Crippen LogP contribution in [0.4, 0.5) is 0 Å². The van der Waals surface area contributed by atoms with Gasteiger partial charge in [0.1, 0.15) is 12.2 Å². The minimum Gasteiger partial charge on any atom is -0.264 e. The highest BCUT2D eigenvalue weighted by Gasteiger charge is 2.65. The quantitative estimate of drug-likeness (QED) is 0.244. The summed E-state index contributed by atoms with van der Waals surface area (Å²) in [5.41, 5.74) is -0.578. The van der Waals surface area contributed by atoms with E-state index in [1.54, 1.807) is 0 Å². The maximum Gasteiger partial charge on any atom is 0.397 e. The van der Waals surface area contributed by atoms with E-state index in [-0.39, 0.29) is 41.4 Å². The molecule has 0 bridgehead atoms. The SMILES string of the molecule is C[C@H](CC[C@H](C)C(C)(C)C)[C@H]1CC[C@H]2C3C[C@H](OS(=O)(=O)O)[C@H]4C[C@H](OS(=O)(=O)O)[C@@H](OS(=O)(=O)O)C[C@]4(C)[C@H]3CC[C@]12C. The van der Waals surface area contributed by atoms with Crippen molar-refractivity contribution in [1.29, 1.82) is 0 Å². The van der Waals surface area contributed by atoms with Crippen molar-refractivity contribution in [3.63, 3.8) is 0 Å². The summed E-state index contributed by atoms with van der Waals surface area (Å²) in [6, 6.07) is 0. The summed E-state index contributed by atoms with van der Waals surface area (Å²) in [5, 5.41) is 0. The molecule has 4 aliphatic carbocycles. The van der Waals surface area contributed by atoms with E-state index >= 15 is 0 Å². The molecule has 0 radical (unpaired) electrons. The van der Waals surface area contributed by atoms with E-state index < -0.39 is 60.8 Å². The molecule has 15 heteroatoms. The van der Waals surface area contributed by atoms with Crippen LogP contribution in [0.1, 0.15) is 106 Å². The zero-order valence-electron chi connectivity index (χ0n) is 26.9. The van der Waals surface area contributed by atoms with Crippen LogP contribution in [0.2, 0.25) is 0 Å². The maximum atomic E-state index is 12.1. The fraction of sp³-hybridized carbons (Fsp3) is 1.00. The summed E-state index contributed by atoms with van der Waals surface area (Å²) in [5.74, 6) is 1.12. The molecule has 4 rings (SSSR count). The average Bonchev–Trinajstić information content (AvgIpc) is 3.17. The minimum atomic E-state index is -5.06. The molecule has 0 amide bonds. The summed E-state index contributed by atoms with van der Waals surface area (Å²) >= 11 is 0. The first kappa shape index (κ1) is 36.4. The van der Waals surface area contributed by atoms with Crippen LogP contribution in [0.3, 0.4) is 0 Å². The van der Waals surface area contributed by atoms with Gasteiger partial charge in [-0.3, -0.25) is 13.7 Å². The van der Waals surface area contributed by atoms with Gasteiger partial charge in [0.2, 0.25) is 0 Å². The first-order valence-electron chi connectivity index (χ1n) is 15.8. The van der Waals surface area contributed by atoms with Gasteiger partial charge in [0, 0.05) is 0 Å². The number of hydrogen-bond acceptors (Lipinski definition) is 9. The first-order valence-corrected chi connectivity index (χ1v) is 19.9. The highest BCUT2D eigenvalue weighted by Crippen LogP contribution is 2.69. The lowest BCUT2D eigenvalue weighted by Crippen LogP contribution is -2.62. The third-order valence-electron chi connectivity index (χ3n) is 12.7. The predicted molar refractivity (Wildman–Crippen MR) is 162 cm³/mol. The van der Waals surface area contributed by atoms with Crippen LogP contribution in [-0.2, 0) is 43.7 Å². The van der Waals surface area contributed by atoms with Gasteiger partial charge in [-0.15, -0.1) is 0 Å². The second-order valence-corrected chi connectivity index (χ2v) is 19.0. The Balaban J connectivity index is 1.66. The second kappa shape index (κ2) is 12.2. The van der Waals surface area contributed by atoms with E-state index in [2.05, 4.69) is 41.5 Å². The molecule has 0 heterocycles. The molecule has 0 spiro atoms. The lowest BCUT2D eigenvalue weighted by molar-refractivity contribution is -0.184. The summed E-state index contributed by atoms with van der Waals surface area (Å²) in [4.78, 5) is 0.